The van der Waals surface area contributed by atoms with Gasteiger partial charge < -0.3 is 10.1 Å². The van der Waals surface area contributed by atoms with E-state index in [1.54, 1.807) is 0 Å². The lowest BCUT2D eigenvalue weighted by atomic mass is 9.87. The molecule has 0 aliphatic carbocycles. The van der Waals surface area contributed by atoms with Crippen LogP contribution in [0.5, 0.6) is 5.75 Å². The number of aryl methyl sites for hydroxylation is 1. The van der Waals surface area contributed by atoms with Crippen LogP contribution >= 0.6 is 0 Å². The predicted molar refractivity (Wildman–Crippen MR) is 99.7 cm³/mol. The van der Waals surface area contributed by atoms with E-state index in [0.29, 0.717) is 19.4 Å². The van der Waals surface area contributed by atoms with Crippen LogP contribution in [0.3, 0.4) is 0 Å². The fraction of sp³-hybridized carbons (Fsp3) is 0.381. The molecule has 0 saturated heterocycles. The van der Waals surface area contributed by atoms with E-state index in [1.165, 1.54) is 11.1 Å². The van der Waals surface area contributed by atoms with Crippen LogP contribution in [0.1, 0.15) is 44.7 Å². The zero-order valence-electron chi connectivity index (χ0n) is 15.1. The van der Waals surface area contributed by atoms with E-state index in [-0.39, 0.29) is 11.3 Å². The van der Waals surface area contributed by atoms with E-state index in [2.05, 4.69) is 38.2 Å². The Hall–Kier alpha value is -2.29. The van der Waals surface area contributed by atoms with Crippen molar-refractivity contribution >= 4 is 11.6 Å². The van der Waals surface area contributed by atoms with Gasteiger partial charge in [0, 0.05) is 12.1 Å². The van der Waals surface area contributed by atoms with Gasteiger partial charge in [-0.05, 0) is 48.6 Å². The molecular weight excluding hydrogens is 298 g/mol. The highest BCUT2D eigenvalue weighted by Crippen LogP contribution is 2.23. The van der Waals surface area contributed by atoms with E-state index < -0.39 is 0 Å². The molecule has 24 heavy (non-hydrogen) atoms. The number of carbonyl (C=O) groups is 1. The molecule has 0 heterocycles. The van der Waals surface area contributed by atoms with Crippen LogP contribution in [0.4, 0.5) is 5.69 Å². The lowest BCUT2D eigenvalue weighted by molar-refractivity contribution is -0.116. The first kappa shape index (κ1) is 18.1. The fourth-order valence-corrected chi connectivity index (χ4v) is 2.33. The maximum Gasteiger partial charge on any atom is 0.224 e. The van der Waals surface area contributed by atoms with Crippen LogP contribution in [-0.4, -0.2) is 12.5 Å². The number of ether oxygens (including phenoxy) is 1. The summed E-state index contributed by atoms with van der Waals surface area (Å²) in [5.74, 6) is 0.866. The summed E-state index contributed by atoms with van der Waals surface area (Å²) in [6, 6.07) is 16.0. The zero-order chi connectivity index (χ0) is 17.6. The summed E-state index contributed by atoms with van der Waals surface area (Å²) in [7, 11) is 0. The molecule has 0 radical (unpaired) electrons. The Morgan fingerprint density at radius 1 is 1.00 bits per heavy atom. The molecule has 0 spiro atoms. The highest BCUT2D eigenvalue weighted by atomic mass is 16.5. The predicted octanol–water partition coefficient (Wildman–Crippen LogP) is 5.09. The minimum atomic E-state index is 0.0195. The summed E-state index contributed by atoms with van der Waals surface area (Å²) in [5, 5.41) is 2.93. The Balaban J connectivity index is 1.72. The minimum Gasteiger partial charge on any atom is -0.494 e. The van der Waals surface area contributed by atoms with Crippen molar-refractivity contribution in [3.8, 4) is 5.75 Å². The zero-order valence-corrected chi connectivity index (χ0v) is 15.1. The number of rotatable bonds is 6. The summed E-state index contributed by atoms with van der Waals surface area (Å²) < 4.78 is 5.63. The minimum absolute atomic E-state index is 0.0195. The van der Waals surface area contributed by atoms with Gasteiger partial charge in [-0.3, -0.25) is 4.79 Å². The van der Waals surface area contributed by atoms with Crippen molar-refractivity contribution in [2.45, 2.75) is 46.0 Å². The molecule has 0 unspecified atom stereocenters. The third-order valence-electron chi connectivity index (χ3n) is 3.87. The topological polar surface area (TPSA) is 38.3 Å². The smallest absolute Gasteiger partial charge is 0.224 e. The lowest BCUT2D eigenvalue weighted by Gasteiger charge is -2.19. The summed E-state index contributed by atoms with van der Waals surface area (Å²) in [6.07, 6.45) is 1.15. The summed E-state index contributed by atoms with van der Waals surface area (Å²) in [4.78, 5) is 12.0. The van der Waals surface area contributed by atoms with Crippen molar-refractivity contribution in [1.29, 1.82) is 0 Å². The summed E-state index contributed by atoms with van der Waals surface area (Å²) in [6.45, 7) is 9.11. The monoisotopic (exact) mass is 325 g/mol. The van der Waals surface area contributed by atoms with Crippen LogP contribution < -0.4 is 10.1 Å². The quantitative estimate of drug-likeness (QED) is 0.751. The molecule has 0 atom stereocenters. The van der Waals surface area contributed by atoms with Crippen molar-refractivity contribution in [3.05, 3.63) is 59.7 Å². The molecular formula is C21H27NO2. The molecule has 0 aromatic heterocycles. The molecule has 3 nitrogen and oxygen atoms in total. The number of carbonyl (C=O) groups excluding carboxylic acids is 1. The van der Waals surface area contributed by atoms with Crippen molar-refractivity contribution < 1.29 is 9.53 Å². The molecule has 2 aromatic rings. The van der Waals surface area contributed by atoms with Crippen molar-refractivity contribution in [2.24, 2.45) is 0 Å². The maximum absolute atomic E-state index is 12.0. The van der Waals surface area contributed by atoms with Crippen LogP contribution in [0.25, 0.3) is 0 Å². The average Bonchev–Trinajstić information content (AvgIpc) is 2.53. The molecule has 0 bridgehead atoms. The van der Waals surface area contributed by atoms with E-state index in [9.17, 15) is 4.79 Å². The molecule has 2 aromatic carbocycles. The number of benzene rings is 2. The molecule has 1 amide bonds. The fourth-order valence-electron chi connectivity index (χ4n) is 2.33. The Kier molecular flexibility index (Phi) is 6.02. The van der Waals surface area contributed by atoms with Gasteiger partial charge in [-0.25, -0.2) is 0 Å². The Labute approximate surface area is 145 Å². The van der Waals surface area contributed by atoms with Crippen molar-refractivity contribution in [1.82, 2.24) is 0 Å². The molecule has 1 N–H and O–H groups in total. The van der Waals surface area contributed by atoms with E-state index in [1.807, 2.05) is 43.3 Å². The molecule has 3 heteroatoms. The molecule has 128 valence electrons. The summed E-state index contributed by atoms with van der Waals surface area (Å²) in [5.41, 5.74) is 3.43. The first-order chi connectivity index (χ1) is 11.3. The van der Waals surface area contributed by atoms with Gasteiger partial charge in [-0.15, -0.1) is 0 Å². The van der Waals surface area contributed by atoms with Gasteiger partial charge >= 0.3 is 0 Å². The van der Waals surface area contributed by atoms with E-state index in [4.69, 9.17) is 4.74 Å². The first-order valence-corrected chi connectivity index (χ1v) is 8.44. The molecule has 0 fully saturated rings. The molecule has 0 aliphatic heterocycles. The van der Waals surface area contributed by atoms with Gasteiger partial charge in [0.2, 0.25) is 5.91 Å². The van der Waals surface area contributed by atoms with Crippen LogP contribution in [0.2, 0.25) is 0 Å². The van der Waals surface area contributed by atoms with Crippen molar-refractivity contribution in [3.63, 3.8) is 0 Å². The Morgan fingerprint density at radius 2 is 1.62 bits per heavy atom. The maximum atomic E-state index is 12.0. The first-order valence-electron chi connectivity index (χ1n) is 8.44. The summed E-state index contributed by atoms with van der Waals surface area (Å²) >= 11 is 0. The standard InChI is InChI=1S/C21H27NO2/c1-16-7-13-19(14-8-16)24-15-5-6-20(23)22-18-11-9-17(10-12-18)21(2,3)4/h7-14H,5-6,15H2,1-4H3,(H,22,23). The third kappa shape index (κ3) is 5.73. The van der Waals surface area contributed by atoms with Crippen LogP contribution in [0.15, 0.2) is 48.5 Å². The molecule has 0 aliphatic rings. The highest BCUT2D eigenvalue weighted by molar-refractivity contribution is 5.90. The van der Waals surface area contributed by atoms with Crippen molar-refractivity contribution in [2.75, 3.05) is 11.9 Å². The second kappa shape index (κ2) is 8.00. The second-order valence-corrected chi connectivity index (χ2v) is 7.14. The Morgan fingerprint density at radius 3 is 2.21 bits per heavy atom. The van der Waals surface area contributed by atoms with Gasteiger partial charge in [-0.2, -0.15) is 0 Å². The van der Waals surface area contributed by atoms with Gasteiger partial charge in [0.15, 0.2) is 0 Å². The second-order valence-electron chi connectivity index (χ2n) is 7.14. The van der Waals surface area contributed by atoms with E-state index >= 15 is 0 Å². The Bertz CT molecular complexity index is 652. The van der Waals surface area contributed by atoms with E-state index in [0.717, 1.165) is 11.4 Å². The van der Waals surface area contributed by atoms with Gasteiger partial charge in [-0.1, -0.05) is 50.6 Å². The number of amides is 1. The number of nitrogens with one attached hydrogen (secondary N) is 1. The van der Waals surface area contributed by atoms with Crippen LogP contribution in [-0.2, 0) is 10.2 Å². The largest absolute Gasteiger partial charge is 0.494 e. The number of hydrogen-bond acceptors (Lipinski definition) is 2. The van der Waals surface area contributed by atoms with Gasteiger partial charge in [0.05, 0.1) is 6.61 Å². The average molecular weight is 325 g/mol. The van der Waals surface area contributed by atoms with Gasteiger partial charge in [0.1, 0.15) is 5.75 Å². The normalized spacial score (nSPS) is 11.2. The van der Waals surface area contributed by atoms with Gasteiger partial charge in [0.25, 0.3) is 0 Å². The highest BCUT2D eigenvalue weighted by Gasteiger charge is 2.13. The SMILES string of the molecule is Cc1ccc(OCCCC(=O)Nc2ccc(C(C)(C)C)cc2)cc1. The number of anilines is 1. The van der Waals surface area contributed by atoms with Crippen LogP contribution in [0, 0.1) is 6.92 Å². The third-order valence-corrected chi connectivity index (χ3v) is 3.87. The molecule has 0 saturated carbocycles. The number of hydrogen-bond donors (Lipinski definition) is 1. The molecule has 2 rings (SSSR count). The lowest BCUT2D eigenvalue weighted by Crippen LogP contribution is -2.14.